The molecule has 6 heteroatoms. The topological polar surface area (TPSA) is 83.4 Å². The second-order valence-electron chi connectivity index (χ2n) is 5.08. The van der Waals surface area contributed by atoms with E-state index in [1.165, 1.54) is 11.1 Å². The number of nitrogens with zero attached hydrogens (tertiary/aromatic N) is 3. The summed E-state index contributed by atoms with van der Waals surface area (Å²) in [6.07, 6.45) is 5.25. The summed E-state index contributed by atoms with van der Waals surface area (Å²) >= 11 is 0. The molecule has 0 radical (unpaired) electrons. The van der Waals surface area contributed by atoms with Gasteiger partial charge in [-0.15, -0.1) is 0 Å². The molecule has 108 valence electrons. The zero-order chi connectivity index (χ0) is 14.8. The number of hydrogen-bond acceptors (Lipinski definition) is 4. The van der Waals surface area contributed by atoms with Gasteiger partial charge in [0.05, 0.1) is 11.1 Å². The molecule has 1 aliphatic heterocycles. The molecule has 0 bridgehead atoms. The molecular weight excluding hydrogens is 270 g/mol. The van der Waals surface area contributed by atoms with Crippen molar-refractivity contribution in [1.29, 1.82) is 0 Å². The van der Waals surface area contributed by atoms with Crippen molar-refractivity contribution in [2.75, 3.05) is 6.54 Å². The van der Waals surface area contributed by atoms with Gasteiger partial charge in [-0.25, -0.2) is 4.79 Å². The number of para-hydroxylation sites is 1. The molecule has 1 aromatic heterocycles. The van der Waals surface area contributed by atoms with Crippen LogP contribution in [0.25, 0.3) is 11.0 Å². The molecule has 1 atom stereocenters. The number of likely N-dealkylation sites (tertiary alicyclic amines) is 1. The number of carbonyl (C=O) groups excluding carboxylic acids is 1. The Balaban J connectivity index is 2.01. The average molecular weight is 285 g/mol. The maximum Gasteiger partial charge on any atom is 0.326 e. The minimum atomic E-state index is -0.950. The Morgan fingerprint density at radius 2 is 2.00 bits per heavy atom. The van der Waals surface area contributed by atoms with E-state index in [-0.39, 0.29) is 5.91 Å². The number of carbonyl (C=O) groups is 2. The molecule has 3 rings (SSSR count). The molecule has 0 spiro atoms. The van der Waals surface area contributed by atoms with E-state index in [4.69, 9.17) is 0 Å². The van der Waals surface area contributed by atoms with E-state index in [0.717, 1.165) is 12.8 Å². The quantitative estimate of drug-likeness (QED) is 0.908. The number of aliphatic carboxylic acids is 1. The molecule has 1 aromatic carbocycles. The third-order valence-corrected chi connectivity index (χ3v) is 3.78. The lowest BCUT2D eigenvalue weighted by Crippen LogP contribution is -2.48. The highest BCUT2D eigenvalue weighted by Crippen LogP contribution is 2.22. The van der Waals surface area contributed by atoms with Gasteiger partial charge in [0.25, 0.3) is 5.91 Å². The Morgan fingerprint density at radius 3 is 2.81 bits per heavy atom. The molecule has 1 fully saturated rings. The fourth-order valence-electron chi connectivity index (χ4n) is 2.75. The number of hydrogen-bond donors (Lipinski definition) is 1. The predicted octanol–water partition coefficient (Wildman–Crippen LogP) is 1.71. The smallest absolute Gasteiger partial charge is 0.326 e. The highest BCUT2D eigenvalue weighted by molar-refractivity contribution is 6.05. The van der Waals surface area contributed by atoms with Gasteiger partial charge in [0.2, 0.25) is 0 Å². The zero-order valence-corrected chi connectivity index (χ0v) is 11.4. The van der Waals surface area contributed by atoms with E-state index in [0.29, 0.717) is 29.6 Å². The third-order valence-electron chi connectivity index (χ3n) is 3.78. The zero-order valence-electron chi connectivity index (χ0n) is 11.4. The van der Waals surface area contributed by atoms with Crippen molar-refractivity contribution in [3.63, 3.8) is 0 Å². The number of aromatic nitrogens is 2. The van der Waals surface area contributed by atoms with Crippen LogP contribution in [0.1, 0.15) is 29.6 Å². The van der Waals surface area contributed by atoms with Crippen LogP contribution in [-0.2, 0) is 4.79 Å². The number of benzene rings is 1. The number of carboxylic acids is 1. The number of carboxylic acid groups (broad SMARTS) is 1. The van der Waals surface area contributed by atoms with Crippen LogP contribution < -0.4 is 0 Å². The van der Waals surface area contributed by atoms with Gasteiger partial charge < -0.3 is 10.0 Å². The summed E-state index contributed by atoms with van der Waals surface area (Å²) in [5.41, 5.74) is 1.56. The molecular formula is C15H15N3O3. The lowest BCUT2D eigenvalue weighted by atomic mass is 10.0. The van der Waals surface area contributed by atoms with Crippen LogP contribution in [0.4, 0.5) is 0 Å². The maximum atomic E-state index is 12.7. The van der Waals surface area contributed by atoms with Gasteiger partial charge in [0.1, 0.15) is 11.6 Å². The number of rotatable bonds is 2. The maximum absolute atomic E-state index is 12.7. The van der Waals surface area contributed by atoms with Crippen LogP contribution in [0.15, 0.2) is 30.6 Å². The van der Waals surface area contributed by atoms with E-state index in [1.54, 1.807) is 24.4 Å². The minimum Gasteiger partial charge on any atom is -0.480 e. The summed E-state index contributed by atoms with van der Waals surface area (Å²) in [4.78, 5) is 33.9. The van der Waals surface area contributed by atoms with E-state index < -0.39 is 12.0 Å². The van der Waals surface area contributed by atoms with Gasteiger partial charge in [-0.1, -0.05) is 6.07 Å². The first-order valence-corrected chi connectivity index (χ1v) is 6.92. The Kier molecular flexibility index (Phi) is 3.51. The van der Waals surface area contributed by atoms with E-state index in [2.05, 4.69) is 9.97 Å². The van der Waals surface area contributed by atoms with Gasteiger partial charge in [0.15, 0.2) is 0 Å². The van der Waals surface area contributed by atoms with Crippen molar-refractivity contribution in [2.45, 2.75) is 25.3 Å². The third kappa shape index (κ3) is 2.44. The largest absolute Gasteiger partial charge is 0.480 e. The Hall–Kier alpha value is -2.50. The molecule has 1 N–H and O–H groups in total. The molecule has 6 nitrogen and oxygen atoms in total. The van der Waals surface area contributed by atoms with Crippen molar-refractivity contribution in [2.24, 2.45) is 0 Å². The summed E-state index contributed by atoms with van der Waals surface area (Å²) in [5.74, 6) is -1.23. The van der Waals surface area contributed by atoms with E-state index in [9.17, 15) is 14.7 Å². The molecule has 1 aliphatic rings. The van der Waals surface area contributed by atoms with E-state index in [1.807, 2.05) is 0 Å². The Labute approximate surface area is 121 Å². The molecule has 1 amide bonds. The summed E-state index contributed by atoms with van der Waals surface area (Å²) < 4.78 is 0. The number of piperidine rings is 1. The Morgan fingerprint density at radius 1 is 1.19 bits per heavy atom. The first-order chi connectivity index (χ1) is 10.2. The summed E-state index contributed by atoms with van der Waals surface area (Å²) in [6.45, 7) is 0.465. The highest BCUT2D eigenvalue weighted by atomic mass is 16.4. The van der Waals surface area contributed by atoms with Gasteiger partial charge in [-0.05, 0) is 31.4 Å². The summed E-state index contributed by atoms with van der Waals surface area (Å²) in [6, 6.07) is 4.44. The monoisotopic (exact) mass is 285 g/mol. The molecule has 21 heavy (non-hydrogen) atoms. The summed E-state index contributed by atoms with van der Waals surface area (Å²) in [5, 5.41) is 9.30. The normalized spacial score (nSPS) is 18.7. The number of amides is 1. The van der Waals surface area contributed by atoms with Crippen molar-refractivity contribution in [3.05, 3.63) is 36.2 Å². The van der Waals surface area contributed by atoms with Crippen LogP contribution in [0.2, 0.25) is 0 Å². The first-order valence-electron chi connectivity index (χ1n) is 6.92. The SMILES string of the molecule is O=C(O)[C@H]1CCCCN1C(=O)c1cccc2nccnc12. The number of fused-ring (bicyclic) bond motifs is 1. The molecule has 0 aliphatic carbocycles. The minimum absolute atomic E-state index is 0.284. The molecule has 1 saturated heterocycles. The molecule has 0 unspecified atom stereocenters. The lowest BCUT2D eigenvalue weighted by Gasteiger charge is -2.33. The highest BCUT2D eigenvalue weighted by Gasteiger charge is 2.33. The Bertz CT molecular complexity index is 696. The van der Waals surface area contributed by atoms with Gasteiger partial charge in [0, 0.05) is 18.9 Å². The van der Waals surface area contributed by atoms with Crippen LogP contribution in [0, 0.1) is 0 Å². The second-order valence-corrected chi connectivity index (χ2v) is 5.08. The lowest BCUT2D eigenvalue weighted by molar-refractivity contribution is -0.143. The van der Waals surface area contributed by atoms with Crippen LogP contribution in [-0.4, -0.2) is 44.4 Å². The van der Waals surface area contributed by atoms with Gasteiger partial charge >= 0.3 is 5.97 Å². The molecule has 0 saturated carbocycles. The second kappa shape index (κ2) is 5.47. The predicted molar refractivity (Wildman–Crippen MR) is 75.8 cm³/mol. The van der Waals surface area contributed by atoms with Crippen LogP contribution in [0.5, 0.6) is 0 Å². The van der Waals surface area contributed by atoms with Crippen molar-refractivity contribution in [1.82, 2.24) is 14.9 Å². The van der Waals surface area contributed by atoms with Gasteiger partial charge in [-0.2, -0.15) is 0 Å². The van der Waals surface area contributed by atoms with Gasteiger partial charge in [-0.3, -0.25) is 14.8 Å². The van der Waals surface area contributed by atoms with Crippen molar-refractivity contribution < 1.29 is 14.7 Å². The fourth-order valence-corrected chi connectivity index (χ4v) is 2.75. The van der Waals surface area contributed by atoms with Crippen LogP contribution >= 0.6 is 0 Å². The first kappa shape index (κ1) is 13.5. The molecule has 2 aromatic rings. The van der Waals surface area contributed by atoms with Crippen LogP contribution in [0.3, 0.4) is 0 Å². The molecule has 2 heterocycles. The average Bonchev–Trinajstić information content (AvgIpc) is 2.53. The van der Waals surface area contributed by atoms with Crippen molar-refractivity contribution >= 4 is 22.9 Å². The summed E-state index contributed by atoms with van der Waals surface area (Å²) in [7, 11) is 0. The fraction of sp³-hybridized carbons (Fsp3) is 0.333. The van der Waals surface area contributed by atoms with Crippen molar-refractivity contribution in [3.8, 4) is 0 Å². The van der Waals surface area contributed by atoms with E-state index >= 15 is 0 Å². The standard InChI is InChI=1S/C15H15N3O3/c19-14(18-9-2-1-6-12(18)15(20)21)10-4-3-5-11-13(10)17-8-7-16-11/h3-5,7-8,12H,1-2,6,9H2,(H,20,21)/t12-/m1/s1.